The normalized spacial score (nSPS) is 20.1. The first-order chi connectivity index (χ1) is 11.6. The summed E-state index contributed by atoms with van der Waals surface area (Å²) in [6.07, 6.45) is 5.16. The number of benzene rings is 1. The van der Waals surface area contributed by atoms with Gasteiger partial charge in [-0.2, -0.15) is 0 Å². The molecule has 0 spiro atoms. The first-order valence-electron chi connectivity index (χ1n) is 8.55. The van der Waals surface area contributed by atoms with Gasteiger partial charge in [0.15, 0.2) is 0 Å². The minimum atomic E-state index is 0.157. The van der Waals surface area contributed by atoms with Crippen LogP contribution in [0.4, 0.5) is 0 Å². The topological polar surface area (TPSA) is 35.6 Å². The first kappa shape index (κ1) is 15.4. The maximum atomic E-state index is 13.0. The Morgan fingerprint density at radius 2 is 2.00 bits per heavy atom. The Morgan fingerprint density at radius 1 is 1.21 bits per heavy atom. The van der Waals surface area contributed by atoms with E-state index in [0.29, 0.717) is 6.54 Å². The molecule has 0 aliphatic carbocycles. The molecule has 1 aromatic rings. The van der Waals surface area contributed by atoms with Crippen molar-refractivity contribution >= 4 is 11.5 Å². The molecule has 1 amide bonds. The van der Waals surface area contributed by atoms with Gasteiger partial charge in [0.25, 0.3) is 5.91 Å². The summed E-state index contributed by atoms with van der Waals surface area (Å²) in [6, 6.07) is 8.47. The van der Waals surface area contributed by atoms with Crippen molar-refractivity contribution in [3.63, 3.8) is 0 Å². The van der Waals surface area contributed by atoms with E-state index in [9.17, 15) is 4.79 Å². The molecule has 0 saturated heterocycles. The van der Waals surface area contributed by atoms with Crippen molar-refractivity contribution in [3.8, 4) is 0 Å². The van der Waals surface area contributed by atoms with Crippen LogP contribution < -0.4 is 5.32 Å². The molecule has 1 N–H and O–H groups in total. The molecule has 1 aromatic carbocycles. The van der Waals surface area contributed by atoms with Gasteiger partial charge in [-0.05, 0) is 49.3 Å². The fourth-order valence-electron chi connectivity index (χ4n) is 3.83. The summed E-state index contributed by atoms with van der Waals surface area (Å²) in [5.74, 6) is 0.157. The van der Waals surface area contributed by atoms with Crippen LogP contribution in [0.1, 0.15) is 17.5 Å². The molecule has 3 aliphatic heterocycles. The van der Waals surface area contributed by atoms with Crippen LogP contribution in [-0.2, 0) is 11.3 Å². The van der Waals surface area contributed by atoms with Gasteiger partial charge < -0.3 is 15.1 Å². The monoisotopic (exact) mass is 321 g/mol. The molecular weight excluding hydrogens is 298 g/mol. The van der Waals surface area contributed by atoms with Crippen LogP contribution in [-0.4, -0.2) is 49.4 Å². The van der Waals surface area contributed by atoms with Gasteiger partial charge in [-0.25, -0.2) is 0 Å². The molecule has 4 heteroatoms. The van der Waals surface area contributed by atoms with E-state index in [1.54, 1.807) is 0 Å². The molecule has 0 bridgehead atoms. The molecule has 0 saturated carbocycles. The molecule has 24 heavy (non-hydrogen) atoms. The molecule has 0 radical (unpaired) electrons. The smallest absolute Gasteiger partial charge is 0.259 e. The van der Waals surface area contributed by atoms with E-state index in [2.05, 4.69) is 60.7 Å². The molecule has 0 fully saturated rings. The van der Waals surface area contributed by atoms with Gasteiger partial charge in [-0.15, -0.1) is 0 Å². The van der Waals surface area contributed by atoms with Gasteiger partial charge in [0.2, 0.25) is 0 Å². The second-order valence-corrected chi connectivity index (χ2v) is 6.91. The van der Waals surface area contributed by atoms with Crippen LogP contribution in [0.25, 0.3) is 5.57 Å². The van der Waals surface area contributed by atoms with Crippen molar-refractivity contribution in [2.45, 2.75) is 13.0 Å². The van der Waals surface area contributed by atoms with Crippen LogP contribution in [0.3, 0.4) is 0 Å². The average molecular weight is 321 g/mol. The van der Waals surface area contributed by atoms with E-state index in [4.69, 9.17) is 0 Å². The molecule has 3 heterocycles. The highest BCUT2D eigenvalue weighted by molar-refractivity contribution is 6.25. The third-order valence-corrected chi connectivity index (χ3v) is 4.84. The zero-order valence-electron chi connectivity index (χ0n) is 14.3. The summed E-state index contributed by atoms with van der Waals surface area (Å²) in [7, 11) is 4.13. The zero-order chi connectivity index (χ0) is 16.7. The van der Waals surface area contributed by atoms with E-state index in [1.807, 2.05) is 4.90 Å². The van der Waals surface area contributed by atoms with Crippen molar-refractivity contribution in [2.24, 2.45) is 0 Å². The molecule has 0 aromatic heterocycles. The number of nitrogens with zero attached hydrogens (tertiary/aromatic N) is 2. The number of hydrogen-bond acceptors (Lipinski definition) is 3. The van der Waals surface area contributed by atoms with Crippen molar-refractivity contribution in [2.75, 3.05) is 33.7 Å². The van der Waals surface area contributed by atoms with Crippen molar-refractivity contribution in [1.82, 2.24) is 15.1 Å². The minimum Gasteiger partial charge on any atom is -0.312 e. The van der Waals surface area contributed by atoms with Crippen LogP contribution in [0.15, 0.2) is 53.3 Å². The Hall–Kier alpha value is -2.17. The highest BCUT2D eigenvalue weighted by Gasteiger charge is 2.38. The quantitative estimate of drug-likeness (QED) is 0.927. The SMILES string of the molecule is CN(C)Cc1ccc(C2=C3CCNCC4=C3N(CC=C4)C2=O)cc1. The van der Waals surface area contributed by atoms with E-state index in [0.717, 1.165) is 42.9 Å². The fraction of sp³-hybridized carbons (Fsp3) is 0.350. The van der Waals surface area contributed by atoms with E-state index < -0.39 is 0 Å². The lowest BCUT2D eigenvalue weighted by Crippen LogP contribution is -2.29. The zero-order valence-corrected chi connectivity index (χ0v) is 14.3. The Bertz CT molecular complexity index is 769. The summed E-state index contributed by atoms with van der Waals surface area (Å²) in [5.41, 5.74) is 6.81. The lowest BCUT2D eigenvalue weighted by molar-refractivity contribution is -0.122. The lowest BCUT2D eigenvalue weighted by Gasteiger charge is -2.23. The third kappa shape index (κ3) is 2.52. The van der Waals surface area contributed by atoms with Gasteiger partial charge in [0.05, 0.1) is 11.3 Å². The van der Waals surface area contributed by atoms with Crippen LogP contribution in [0.2, 0.25) is 0 Å². The maximum absolute atomic E-state index is 13.0. The van der Waals surface area contributed by atoms with Crippen LogP contribution in [0.5, 0.6) is 0 Å². The van der Waals surface area contributed by atoms with Crippen molar-refractivity contribution in [3.05, 3.63) is 64.4 Å². The molecule has 0 atom stereocenters. The second-order valence-electron chi connectivity index (χ2n) is 6.91. The van der Waals surface area contributed by atoms with Crippen molar-refractivity contribution in [1.29, 1.82) is 0 Å². The minimum absolute atomic E-state index is 0.157. The summed E-state index contributed by atoms with van der Waals surface area (Å²) in [5, 5.41) is 3.46. The number of hydrogen-bond donors (Lipinski definition) is 1. The predicted molar refractivity (Wildman–Crippen MR) is 96.1 cm³/mol. The van der Waals surface area contributed by atoms with E-state index in [1.165, 1.54) is 16.7 Å². The molecular formula is C20H23N3O. The van der Waals surface area contributed by atoms with Crippen LogP contribution >= 0.6 is 0 Å². The third-order valence-electron chi connectivity index (χ3n) is 4.84. The first-order valence-corrected chi connectivity index (χ1v) is 8.55. The van der Waals surface area contributed by atoms with E-state index >= 15 is 0 Å². The van der Waals surface area contributed by atoms with Gasteiger partial charge in [-0.3, -0.25) is 4.79 Å². The summed E-state index contributed by atoms with van der Waals surface area (Å²) in [6.45, 7) is 3.35. The van der Waals surface area contributed by atoms with Gasteiger partial charge in [0.1, 0.15) is 0 Å². The van der Waals surface area contributed by atoms with Gasteiger partial charge in [-0.1, -0.05) is 36.4 Å². The molecule has 3 aliphatic rings. The second kappa shape index (κ2) is 6.04. The number of carbonyl (C=O) groups is 1. The molecule has 0 unspecified atom stereocenters. The fourth-order valence-corrected chi connectivity index (χ4v) is 3.83. The predicted octanol–water partition coefficient (Wildman–Crippen LogP) is 2.16. The van der Waals surface area contributed by atoms with Gasteiger partial charge in [0, 0.05) is 19.6 Å². The average Bonchev–Trinajstić information content (AvgIpc) is 2.71. The Morgan fingerprint density at radius 3 is 2.75 bits per heavy atom. The number of rotatable bonds is 3. The molecule has 4 nitrogen and oxygen atoms in total. The Balaban J connectivity index is 1.77. The number of carbonyl (C=O) groups excluding carboxylic acids is 1. The van der Waals surface area contributed by atoms with Gasteiger partial charge >= 0.3 is 0 Å². The Kier molecular flexibility index (Phi) is 3.87. The van der Waals surface area contributed by atoms with Crippen molar-refractivity contribution < 1.29 is 4.79 Å². The Labute approximate surface area is 143 Å². The largest absolute Gasteiger partial charge is 0.312 e. The van der Waals surface area contributed by atoms with E-state index in [-0.39, 0.29) is 5.91 Å². The number of nitrogens with one attached hydrogen (secondary N) is 1. The molecule has 4 rings (SSSR count). The van der Waals surface area contributed by atoms with Crippen LogP contribution in [0, 0.1) is 0 Å². The number of allylic oxidation sites excluding steroid dienone is 1. The standard InChI is InChI=1S/C20H23N3O/c1-22(2)13-14-5-7-15(8-6-14)18-17-9-10-21-12-16-4-3-11-23(19(16)17)20(18)24/h3-8,21H,9-13H2,1-2H3. The summed E-state index contributed by atoms with van der Waals surface area (Å²) >= 11 is 0. The highest BCUT2D eigenvalue weighted by Crippen LogP contribution is 2.41. The maximum Gasteiger partial charge on any atom is 0.259 e. The lowest BCUT2D eigenvalue weighted by atomic mass is 9.96. The summed E-state index contributed by atoms with van der Waals surface area (Å²) in [4.78, 5) is 17.1. The highest BCUT2D eigenvalue weighted by atomic mass is 16.2. The number of amides is 1. The summed E-state index contributed by atoms with van der Waals surface area (Å²) < 4.78 is 0. The molecule has 124 valence electrons.